The lowest BCUT2D eigenvalue weighted by molar-refractivity contribution is 0.318. The number of halogens is 1. The van der Waals surface area contributed by atoms with Crippen LogP contribution >= 0.6 is 0 Å². The molecule has 2 rings (SSSR count). The fourth-order valence-corrected chi connectivity index (χ4v) is 2.04. The zero-order valence-corrected chi connectivity index (χ0v) is 7.97. The molecule has 1 unspecified atom stereocenters. The minimum absolute atomic E-state index is 0.0294. The highest BCUT2D eigenvalue weighted by molar-refractivity contribution is 5.37. The molecule has 2 N–H and O–H groups in total. The Morgan fingerprint density at radius 3 is 2.85 bits per heavy atom. The van der Waals surface area contributed by atoms with E-state index in [0.29, 0.717) is 0 Å². The van der Waals surface area contributed by atoms with E-state index in [4.69, 9.17) is 5.73 Å². The Morgan fingerprint density at radius 2 is 2.15 bits per heavy atom. The first-order valence-electron chi connectivity index (χ1n) is 4.54. The highest BCUT2D eigenvalue weighted by Crippen LogP contribution is 2.43. The summed E-state index contributed by atoms with van der Waals surface area (Å²) in [5, 5.41) is 0. The van der Waals surface area contributed by atoms with Crippen molar-refractivity contribution < 1.29 is 4.39 Å². The predicted molar refractivity (Wildman–Crippen MR) is 50.8 cm³/mol. The molecule has 1 nitrogen and oxygen atoms in total. The summed E-state index contributed by atoms with van der Waals surface area (Å²) in [6.07, 6.45) is 0.948. The molecule has 0 radical (unpaired) electrons. The van der Waals surface area contributed by atoms with E-state index in [1.54, 1.807) is 6.07 Å². The van der Waals surface area contributed by atoms with Crippen molar-refractivity contribution in [3.05, 3.63) is 35.1 Å². The Hall–Kier alpha value is -0.890. The molecule has 0 saturated heterocycles. The molecule has 0 saturated carbocycles. The molecule has 1 aliphatic rings. The lowest BCUT2D eigenvalue weighted by Crippen LogP contribution is -2.24. The zero-order chi connectivity index (χ0) is 9.64. The van der Waals surface area contributed by atoms with Crippen LogP contribution in [0.15, 0.2) is 18.2 Å². The number of nitrogens with two attached hydrogens (primary N) is 1. The third kappa shape index (κ3) is 1.25. The first-order chi connectivity index (χ1) is 6.00. The lowest BCUT2D eigenvalue weighted by atomic mass is 9.86. The molecule has 1 aromatic rings. The van der Waals surface area contributed by atoms with Crippen LogP contribution < -0.4 is 5.73 Å². The van der Waals surface area contributed by atoms with Gasteiger partial charge in [-0.25, -0.2) is 4.39 Å². The van der Waals surface area contributed by atoms with Crippen LogP contribution in [0.1, 0.15) is 31.0 Å². The highest BCUT2D eigenvalue weighted by atomic mass is 19.1. The van der Waals surface area contributed by atoms with Crippen molar-refractivity contribution in [3.8, 4) is 0 Å². The van der Waals surface area contributed by atoms with Crippen LogP contribution in [-0.4, -0.2) is 0 Å². The van der Waals surface area contributed by atoms with E-state index in [1.165, 1.54) is 11.6 Å². The van der Waals surface area contributed by atoms with Gasteiger partial charge in [-0.15, -0.1) is 0 Å². The molecule has 70 valence electrons. The molecule has 1 aromatic carbocycles. The first-order valence-corrected chi connectivity index (χ1v) is 4.54. The maximum atomic E-state index is 12.9. The quantitative estimate of drug-likeness (QED) is 0.650. The number of benzene rings is 1. The molecule has 0 bridgehead atoms. The lowest BCUT2D eigenvalue weighted by Gasteiger charge is -2.23. The van der Waals surface area contributed by atoms with E-state index in [0.717, 1.165) is 12.0 Å². The third-order valence-electron chi connectivity index (χ3n) is 2.93. The van der Waals surface area contributed by atoms with Gasteiger partial charge in [0.25, 0.3) is 0 Å². The van der Waals surface area contributed by atoms with Gasteiger partial charge in [0.1, 0.15) is 5.82 Å². The second kappa shape index (κ2) is 2.55. The largest absolute Gasteiger partial charge is 0.323 e. The Bertz CT molecular complexity index is 344. The summed E-state index contributed by atoms with van der Waals surface area (Å²) in [5.41, 5.74) is 8.26. The summed E-state index contributed by atoms with van der Waals surface area (Å²) < 4.78 is 12.9. The van der Waals surface area contributed by atoms with E-state index in [9.17, 15) is 4.39 Å². The third-order valence-corrected chi connectivity index (χ3v) is 2.93. The smallest absolute Gasteiger partial charge is 0.123 e. The van der Waals surface area contributed by atoms with Crippen LogP contribution in [0.25, 0.3) is 0 Å². The van der Waals surface area contributed by atoms with Crippen molar-refractivity contribution in [2.45, 2.75) is 26.3 Å². The Kier molecular flexibility index (Phi) is 1.70. The Morgan fingerprint density at radius 1 is 1.46 bits per heavy atom. The van der Waals surface area contributed by atoms with Gasteiger partial charge in [0.15, 0.2) is 0 Å². The molecule has 1 aliphatic carbocycles. The molecular formula is C11H14FN. The minimum Gasteiger partial charge on any atom is -0.323 e. The number of hydrogen-bond acceptors (Lipinski definition) is 1. The molecule has 13 heavy (non-hydrogen) atoms. The molecule has 0 aliphatic heterocycles. The van der Waals surface area contributed by atoms with Gasteiger partial charge in [-0.2, -0.15) is 0 Å². The van der Waals surface area contributed by atoms with Gasteiger partial charge < -0.3 is 5.73 Å². The van der Waals surface area contributed by atoms with Crippen molar-refractivity contribution >= 4 is 0 Å². The molecule has 0 aromatic heterocycles. The van der Waals surface area contributed by atoms with Crippen LogP contribution in [0.2, 0.25) is 0 Å². The molecule has 1 atom stereocenters. The molecule has 0 heterocycles. The van der Waals surface area contributed by atoms with Gasteiger partial charge in [-0.05, 0) is 35.1 Å². The summed E-state index contributed by atoms with van der Waals surface area (Å²) in [7, 11) is 0. The number of fused-ring (bicyclic) bond motifs is 1. The van der Waals surface area contributed by atoms with Gasteiger partial charge in [0.2, 0.25) is 0 Å². The maximum absolute atomic E-state index is 12.9. The van der Waals surface area contributed by atoms with Gasteiger partial charge in [0.05, 0.1) is 0 Å². The minimum atomic E-state index is -0.188. The van der Waals surface area contributed by atoms with Gasteiger partial charge in [-0.3, -0.25) is 0 Å². The molecule has 0 fully saturated rings. The number of hydrogen-bond donors (Lipinski definition) is 1. The SMILES string of the molecule is CC1(C)Cc2ccc(F)cc2C1N. The monoisotopic (exact) mass is 179 g/mol. The highest BCUT2D eigenvalue weighted by Gasteiger charge is 2.36. The van der Waals surface area contributed by atoms with E-state index >= 15 is 0 Å². The van der Waals surface area contributed by atoms with Crippen LogP contribution in [0.4, 0.5) is 4.39 Å². The summed E-state index contributed by atoms with van der Waals surface area (Å²) in [6.45, 7) is 4.24. The van der Waals surface area contributed by atoms with E-state index in [1.807, 2.05) is 6.07 Å². The summed E-state index contributed by atoms with van der Waals surface area (Å²) in [6, 6.07) is 4.89. The van der Waals surface area contributed by atoms with E-state index in [-0.39, 0.29) is 17.3 Å². The predicted octanol–water partition coefficient (Wildman–Crippen LogP) is 2.41. The van der Waals surface area contributed by atoms with Gasteiger partial charge in [-0.1, -0.05) is 19.9 Å². The summed E-state index contributed by atoms with van der Waals surface area (Å²) in [5.74, 6) is -0.188. The Balaban J connectivity index is 2.51. The molecule has 0 amide bonds. The van der Waals surface area contributed by atoms with Crippen LogP contribution in [0.3, 0.4) is 0 Å². The second-order valence-electron chi connectivity index (χ2n) is 4.49. The van der Waals surface area contributed by atoms with Crippen molar-refractivity contribution in [2.24, 2.45) is 11.1 Å². The van der Waals surface area contributed by atoms with Crippen molar-refractivity contribution in [3.63, 3.8) is 0 Å². The van der Waals surface area contributed by atoms with Crippen molar-refractivity contribution in [1.29, 1.82) is 0 Å². The summed E-state index contributed by atoms with van der Waals surface area (Å²) >= 11 is 0. The normalized spacial score (nSPS) is 24.5. The fraction of sp³-hybridized carbons (Fsp3) is 0.455. The van der Waals surface area contributed by atoms with Crippen molar-refractivity contribution in [2.75, 3.05) is 0 Å². The van der Waals surface area contributed by atoms with E-state index < -0.39 is 0 Å². The molecule has 0 spiro atoms. The zero-order valence-electron chi connectivity index (χ0n) is 7.97. The van der Waals surface area contributed by atoms with E-state index in [2.05, 4.69) is 13.8 Å². The van der Waals surface area contributed by atoms with Gasteiger partial charge >= 0.3 is 0 Å². The summed E-state index contributed by atoms with van der Waals surface area (Å²) in [4.78, 5) is 0. The average molecular weight is 179 g/mol. The van der Waals surface area contributed by atoms with Crippen LogP contribution in [0.5, 0.6) is 0 Å². The fourth-order valence-electron chi connectivity index (χ4n) is 2.04. The topological polar surface area (TPSA) is 26.0 Å². The van der Waals surface area contributed by atoms with Crippen LogP contribution in [0, 0.1) is 11.2 Å². The van der Waals surface area contributed by atoms with Gasteiger partial charge in [0, 0.05) is 6.04 Å². The first kappa shape index (κ1) is 8.70. The van der Waals surface area contributed by atoms with Crippen LogP contribution in [-0.2, 0) is 6.42 Å². The molecule has 2 heteroatoms. The average Bonchev–Trinajstić information content (AvgIpc) is 2.26. The number of rotatable bonds is 0. The van der Waals surface area contributed by atoms with Crippen molar-refractivity contribution in [1.82, 2.24) is 0 Å². The standard InChI is InChI=1S/C11H14FN/c1-11(2)6-7-3-4-8(12)5-9(7)10(11)13/h3-5,10H,6,13H2,1-2H3. The second-order valence-corrected chi connectivity index (χ2v) is 4.49. The Labute approximate surface area is 77.8 Å². The molecular weight excluding hydrogens is 165 g/mol. The maximum Gasteiger partial charge on any atom is 0.123 e.